The van der Waals surface area contributed by atoms with Crippen molar-refractivity contribution < 1.29 is 19.1 Å². The summed E-state index contributed by atoms with van der Waals surface area (Å²) in [5, 5.41) is 10.9. The Balaban J connectivity index is 1.25. The topological polar surface area (TPSA) is 75.4 Å². The SMILES string of the molecule is O=C(CC12CCC(C(=O)O)(CC1)CC2)N1CCc2c(n(Cc3ccc(F)c(Cl)c3)c3ncccc23)C1. The molecule has 2 bridgehead atoms. The van der Waals surface area contributed by atoms with E-state index in [4.69, 9.17) is 11.6 Å². The molecule has 0 unspecified atom stereocenters. The molecule has 1 aliphatic heterocycles. The van der Waals surface area contributed by atoms with Crippen LogP contribution in [0.5, 0.6) is 0 Å². The van der Waals surface area contributed by atoms with Crippen molar-refractivity contribution >= 4 is 34.5 Å². The van der Waals surface area contributed by atoms with E-state index in [0.29, 0.717) is 45.3 Å². The minimum Gasteiger partial charge on any atom is -0.481 e. The Morgan fingerprint density at radius 3 is 2.56 bits per heavy atom. The second kappa shape index (κ2) is 8.58. The minimum atomic E-state index is -0.672. The summed E-state index contributed by atoms with van der Waals surface area (Å²) in [5.41, 5.74) is 3.39. The van der Waals surface area contributed by atoms with E-state index in [1.54, 1.807) is 18.3 Å². The van der Waals surface area contributed by atoms with Crippen molar-refractivity contribution in [3.8, 4) is 0 Å². The number of amides is 1. The first-order valence-electron chi connectivity index (χ1n) is 12.7. The second-order valence-corrected chi connectivity index (χ2v) is 11.4. The van der Waals surface area contributed by atoms with Gasteiger partial charge in [-0.3, -0.25) is 9.59 Å². The van der Waals surface area contributed by atoms with Crippen LogP contribution in [0.2, 0.25) is 5.02 Å². The fraction of sp³-hybridized carbons (Fsp3) is 0.464. The van der Waals surface area contributed by atoms with Gasteiger partial charge in [0.1, 0.15) is 11.5 Å². The highest BCUT2D eigenvalue weighted by Crippen LogP contribution is 2.58. The number of carbonyl (C=O) groups excluding carboxylic acids is 1. The van der Waals surface area contributed by atoms with E-state index in [2.05, 4.69) is 15.6 Å². The molecule has 1 aromatic carbocycles. The quantitative estimate of drug-likeness (QED) is 0.487. The first-order chi connectivity index (χ1) is 17.3. The lowest BCUT2D eigenvalue weighted by molar-refractivity contribution is -0.160. The van der Waals surface area contributed by atoms with Crippen molar-refractivity contribution in [2.75, 3.05) is 6.54 Å². The molecule has 6 nitrogen and oxygen atoms in total. The van der Waals surface area contributed by atoms with Gasteiger partial charge in [0, 0.05) is 36.8 Å². The van der Waals surface area contributed by atoms with E-state index < -0.39 is 17.2 Å². The first-order valence-corrected chi connectivity index (χ1v) is 13.1. The molecule has 0 radical (unpaired) electrons. The van der Waals surface area contributed by atoms with Gasteiger partial charge in [-0.25, -0.2) is 9.37 Å². The van der Waals surface area contributed by atoms with Crippen LogP contribution in [0.1, 0.15) is 61.8 Å². The Morgan fingerprint density at radius 1 is 1.11 bits per heavy atom. The number of carbonyl (C=O) groups is 2. The zero-order chi connectivity index (χ0) is 25.1. The molecule has 1 N–H and O–H groups in total. The van der Waals surface area contributed by atoms with Crippen LogP contribution >= 0.6 is 11.6 Å². The van der Waals surface area contributed by atoms with Gasteiger partial charge in [0.05, 0.1) is 17.0 Å². The van der Waals surface area contributed by atoms with Gasteiger partial charge in [0.25, 0.3) is 0 Å². The molecule has 2 aromatic heterocycles. The molecule has 3 heterocycles. The minimum absolute atomic E-state index is 0.0618. The van der Waals surface area contributed by atoms with Crippen LogP contribution in [0.3, 0.4) is 0 Å². The largest absolute Gasteiger partial charge is 0.481 e. The molecule has 4 aliphatic rings. The number of hydrogen-bond acceptors (Lipinski definition) is 3. The third kappa shape index (κ3) is 3.79. The van der Waals surface area contributed by atoms with Crippen LogP contribution in [-0.2, 0) is 29.1 Å². The van der Waals surface area contributed by atoms with E-state index in [1.807, 2.05) is 11.0 Å². The monoisotopic (exact) mass is 509 g/mol. The average molecular weight is 510 g/mol. The normalized spacial score (nSPS) is 25.2. The first kappa shape index (κ1) is 23.5. The second-order valence-electron chi connectivity index (χ2n) is 11.0. The molecule has 0 atom stereocenters. The predicted octanol–water partition coefficient (Wildman–Crippen LogP) is 5.58. The van der Waals surface area contributed by atoms with Gasteiger partial charge < -0.3 is 14.6 Å². The smallest absolute Gasteiger partial charge is 0.309 e. The van der Waals surface area contributed by atoms with Gasteiger partial charge in [-0.15, -0.1) is 0 Å². The molecule has 0 saturated heterocycles. The molecule has 3 saturated carbocycles. The third-order valence-electron chi connectivity index (χ3n) is 9.07. The van der Waals surface area contributed by atoms with Gasteiger partial charge in [-0.1, -0.05) is 17.7 Å². The number of aliphatic carboxylic acids is 1. The van der Waals surface area contributed by atoms with Crippen LogP contribution < -0.4 is 0 Å². The molecular formula is C28H29ClFN3O3. The predicted molar refractivity (Wildman–Crippen MR) is 134 cm³/mol. The van der Waals surface area contributed by atoms with Gasteiger partial charge in [0.2, 0.25) is 5.91 Å². The number of hydrogen-bond donors (Lipinski definition) is 1. The standard InChI is InChI=1S/C28H29ClFN3O3/c29-21-14-18(3-4-22(21)30)16-33-23-17-32(13-5-19(23)20-2-1-12-31-25(20)33)24(34)15-27-6-9-28(10-7-27,11-8-27)26(35)36/h1-4,12,14H,5-11,13,15-17H2,(H,35,36). The molecule has 188 valence electrons. The average Bonchev–Trinajstić information content (AvgIpc) is 3.20. The van der Waals surface area contributed by atoms with E-state index in [9.17, 15) is 19.1 Å². The number of carboxylic acid groups (broad SMARTS) is 1. The lowest BCUT2D eigenvalue weighted by Gasteiger charge is -2.51. The van der Waals surface area contributed by atoms with Gasteiger partial charge >= 0.3 is 5.97 Å². The zero-order valence-electron chi connectivity index (χ0n) is 20.1. The van der Waals surface area contributed by atoms with Crippen LogP contribution in [0, 0.1) is 16.6 Å². The van der Waals surface area contributed by atoms with Crippen molar-refractivity contribution in [3.05, 3.63) is 64.2 Å². The molecule has 3 aliphatic carbocycles. The fourth-order valence-electron chi connectivity index (χ4n) is 6.75. The maximum Gasteiger partial charge on any atom is 0.309 e. The molecule has 36 heavy (non-hydrogen) atoms. The maximum absolute atomic E-state index is 13.7. The zero-order valence-corrected chi connectivity index (χ0v) is 20.9. The lowest BCUT2D eigenvalue weighted by atomic mass is 9.53. The Kier molecular flexibility index (Phi) is 5.59. The van der Waals surface area contributed by atoms with Crippen LogP contribution in [0.25, 0.3) is 11.0 Å². The highest BCUT2D eigenvalue weighted by Gasteiger charge is 2.53. The highest BCUT2D eigenvalue weighted by atomic mass is 35.5. The van der Waals surface area contributed by atoms with Crippen LogP contribution in [-0.4, -0.2) is 38.0 Å². The Hall–Kier alpha value is -2.93. The van der Waals surface area contributed by atoms with Crippen molar-refractivity contribution in [2.45, 2.75) is 64.5 Å². The van der Waals surface area contributed by atoms with Gasteiger partial charge in [-0.05, 0) is 85.8 Å². The van der Waals surface area contributed by atoms with Gasteiger partial charge in [-0.2, -0.15) is 0 Å². The van der Waals surface area contributed by atoms with E-state index >= 15 is 0 Å². The van der Waals surface area contributed by atoms with Crippen LogP contribution in [0.15, 0.2) is 36.5 Å². The Labute approximate surface area is 214 Å². The van der Waals surface area contributed by atoms with Crippen LogP contribution in [0.4, 0.5) is 4.39 Å². The molecule has 1 amide bonds. The summed E-state index contributed by atoms with van der Waals surface area (Å²) in [4.78, 5) is 31.9. The number of aromatic nitrogens is 2. The number of benzene rings is 1. The van der Waals surface area contributed by atoms with E-state index in [-0.39, 0.29) is 16.3 Å². The molecule has 8 heteroatoms. The van der Waals surface area contributed by atoms with E-state index in [0.717, 1.165) is 48.0 Å². The van der Waals surface area contributed by atoms with Gasteiger partial charge in [0.15, 0.2) is 0 Å². The van der Waals surface area contributed by atoms with Crippen molar-refractivity contribution in [1.29, 1.82) is 0 Å². The van der Waals surface area contributed by atoms with Crippen molar-refractivity contribution in [3.63, 3.8) is 0 Å². The third-order valence-corrected chi connectivity index (χ3v) is 9.36. The Bertz CT molecular complexity index is 1360. The lowest BCUT2D eigenvalue weighted by Crippen LogP contribution is -2.48. The fourth-order valence-corrected chi connectivity index (χ4v) is 6.95. The number of pyridine rings is 1. The number of nitrogens with zero attached hydrogens (tertiary/aromatic N) is 3. The summed E-state index contributed by atoms with van der Waals surface area (Å²) in [5.74, 6) is -0.963. The molecule has 0 spiro atoms. The van der Waals surface area contributed by atoms with Crippen molar-refractivity contribution in [1.82, 2.24) is 14.5 Å². The number of rotatable bonds is 5. The number of fused-ring (bicyclic) bond motifs is 6. The summed E-state index contributed by atoms with van der Waals surface area (Å²) in [6, 6.07) is 8.76. The molecule has 3 aromatic rings. The maximum atomic E-state index is 13.7. The number of halogens is 2. The molecular weight excluding hydrogens is 481 g/mol. The van der Waals surface area contributed by atoms with Crippen molar-refractivity contribution in [2.24, 2.45) is 10.8 Å². The molecule has 3 fully saturated rings. The summed E-state index contributed by atoms with van der Waals surface area (Å²) in [6.07, 6.45) is 7.52. The summed E-state index contributed by atoms with van der Waals surface area (Å²) >= 11 is 6.04. The Morgan fingerprint density at radius 2 is 1.86 bits per heavy atom. The molecule has 7 rings (SSSR count). The van der Waals surface area contributed by atoms with E-state index in [1.165, 1.54) is 11.6 Å². The number of carboxylic acids is 1. The summed E-state index contributed by atoms with van der Waals surface area (Å²) in [6.45, 7) is 1.66. The summed E-state index contributed by atoms with van der Waals surface area (Å²) < 4.78 is 15.9. The highest BCUT2D eigenvalue weighted by molar-refractivity contribution is 6.30. The summed E-state index contributed by atoms with van der Waals surface area (Å²) in [7, 11) is 0.